The van der Waals surface area contributed by atoms with Gasteiger partial charge in [0.15, 0.2) is 0 Å². The number of rotatable bonds is 4. The zero-order valence-corrected chi connectivity index (χ0v) is 41.1. The zero-order chi connectivity index (χ0) is 46.1. The standard InChI is InChI=1S/C66H51NSe/c1-65(2,3)41-34-36-56-54(38-41)55-39-42(66(4,5)6)35-37-57(55)67(56)63-49-28-16-14-26-47(49)61(48-27-15-17-29-50(48)63)52-31-18-32-53-62-51(30-19-33-58(62)68-64(52)53)60-45-24-12-10-22-43(45)59(40-20-8-7-9-21-40)44-23-11-13-25-46(44)60/h7-39H,1-6H3. The first-order chi connectivity index (χ1) is 33.0. The van der Waals surface area contributed by atoms with Crippen LogP contribution in [0.3, 0.4) is 0 Å². The van der Waals surface area contributed by atoms with Crippen molar-refractivity contribution in [2.45, 2.75) is 52.4 Å². The van der Waals surface area contributed by atoms with Crippen LogP contribution >= 0.6 is 0 Å². The number of hydrogen-bond acceptors (Lipinski definition) is 0. The van der Waals surface area contributed by atoms with E-state index in [1.165, 1.54) is 134 Å². The van der Waals surface area contributed by atoms with Gasteiger partial charge in [-0.05, 0) is 0 Å². The van der Waals surface area contributed by atoms with E-state index in [9.17, 15) is 0 Å². The Bertz CT molecular complexity index is 4020. The van der Waals surface area contributed by atoms with Crippen LogP contribution in [0.5, 0.6) is 0 Å². The van der Waals surface area contributed by atoms with Gasteiger partial charge in [0, 0.05) is 0 Å². The van der Waals surface area contributed by atoms with Gasteiger partial charge in [0.2, 0.25) is 0 Å². The number of aromatic nitrogens is 1. The average Bonchev–Trinajstić information content (AvgIpc) is 3.90. The molecule has 2 heteroatoms. The molecular weight excluding hydrogens is 886 g/mol. The van der Waals surface area contributed by atoms with E-state index in [0.29, 0.717) is 0 Å². The van der Waals surface area contributed by atoms with Crippen molar-refractivity contribution in [1.82, 2.24) is 4.57 Å². The molecule has 2 heterocycles. The molecule has 0 aliphatic heterocycles. The number of hydrogen-bond donors (Lipinski definition) is 0. The molecule has 326 valence electrons. The summed E-state index contributed by atoms with van der Waals surface area (Å²) in [7, 11) is 0. The second kappa shape index (κ2) is 15.1. The second-order valence-corrected chi connectivity index (χ2v) is 23.0. The summed E-state index contributed by atoms with van der Waals surface area (Å²) < 4.78 is 5.48. The molecule has 11 aromatic carbocycles. The molecule has 0 unspecified atom stereocenters. The molecular formula is C66H51NSe. The molecule has 0 aliphatic carbocycles. The normalized spacial score (nSPS) is 12.6. The Kier molecular flexibility index (Phi) is 9.13. The summed E-state index contributed by atoms with van der Waals surface area (Å²) in [5, 5.41) is 15.6. The van der Waals surface area contributed by atoms with E-state index in [1.807, 2.05) is 0 Å². The fourth-order valence-electron chi connectivity index (χ4n) is 11.4. The van der Waals surface area contributed by atoms with Gasteiger partial charge in [0.05, 0.1) is 0 Å². The molecule has 0 amide bonds. The maximum atomic E-state index is 2.58. The van der Waals surface area contributed by atoms with E-state index in [4.69, 9.17) is 0 Å². The molecule has 0 aliphatic rings. The van der Waals surface area contributed by atoms with Crippen molar-refractivity contribution >= 4 is 98.7 Å². The molecule has 0 saturated heterocycles. The molecule has 0 atom stereocenters. The van der Waals surface area contributed by atoms with Gasteiger partial charge in [-0.15, -0.1) is 0 Å². The fourth-order valence-corrected chi connectivity index (χ4v) is 14.0. The third kappa shape index (κ3) is 6.14. The number of fused-ring (bicyclic) bond motifs is 10. The van der Waals surface area contributed by atoms with Crippen LogP contribution in [-0.2, 0) is 10.8 Å². The molecule has 0 bridgehead atoms. The summed E-state index contributed by atoms with van der Waals surface area (Å²) >= 11 is 0.0795. The van der Waals surface area contributed by atoms with Gasteiger partial charge in [-0.3, -0.25) is 0 Å². The van der Waals surface area contributed by atoms with Gasteiger partial charge >= 0.3 is 364 Å². The summed E-state index contributed by atoms with van der Waals surface area (Å²) in [5.41, 5.74) is 14.3. The van der Waals surface area contributed by atoms with Crippen LogP contribution in [0, 0.1) is 0 Å². The molecule has 68 heavy (non-hydrogen) atoms. The van der Waals surface area contributed by atoms with Crippen LogP contribution in [0.1, 0.15) is 52.7 Å². The summed E-state index contributed by atoms with van der Waals surface area (Å²) in [6.45, 7) is 13.9. The minimum absolute atomic E-state index is 0.0255. The first-order valence-corrected chi connectivity index (χ1v) is 25.7. The Balaban J connectivity index is 1.10. The first kappa shape index (κ1) is 41.0. The Morgan fingerprint density at radius 2 is 0.750 bits per heavy atom. The van der Waals surface area contributed by atoms with Crippen molar-refractivity contribution in [2.24, 2.45) is 0 Å². The van der Waals surface area contributed by atoms with Crippen LogP contribution in [0.15, 0.2) is 200 Å². The van der Waals surface area contributed by atoms with Crippen LogP contribution in [0.4, 0.5) is 0 Å². The quantitative estimate of drug-likeness (QED) is 0.122. The fraction of sp³-hybridized carbons (Fsp3) is 0.121. The van der Waals surface area contributed by atoms with E-state index in [0.717, 1.165) is 0 Å². The minimum atomic E-state index is 0.0255. The Morgan fingerprint density at radius 3 is 1.26 bits per heavy atom. The Hall–Kier alpha value is -7.22. The van der Waals surface area contributed by atoms with E-state index >= 15 is 0 Å². The SMILES string of the molecule is CC(C)(C)c1ccc2c(c1)c1cc(C(C)(C)C)ccc1n2-c1c2ccccc2c(-c2cccc3c2[se]c2cccc(-c4c5ccccc5c(-c5ccccc5)c5ccccc45)c23)c2ccccc12. The van der Waals surface area contributed by atoms with Crippen molar-refractivity contribution < 1.29 is 0 Å². The van der Waals surface area contributed by atoms with Crippen molar-refractivity contribution in [3.8, 4) is 39.1 Å². The molecule has 0 saturated carbocycles. The molecule has 0 N–H and O–H groups in total. The van der Waals surface area contributed by atoms with Gasteiger partial charge in [-0.1, -0.05) is 41.5 Å². The summed E-state index contributed by atoms with van der Waals surface area (Å²) in [5.74, 6) is 0. The monoisotopic (exact) mass is 937 g/mol. The van der Waals surface area contributed by atoms with Gasteiger partial charge in [0.25, 0.3) is 0 Å². The third-order valence-corrected chi connectivity index (χ3v) is 17.2. The van der Waals surface area contributed by atoms with Crippen LogP contribution in [0.25, 0.3) is 123 Å². The van der Waals surface area contributed by atoms with Crippen molar-refractivity contribution in [3.05, 3.63) is 211 Å². The molecule has 13 aromatic rings. The molecule has 1 nitrogen and oxygen atoms in total. The van der Waals surface area contributed by atoms with Gasteiger partial charge in [-0.2, -0.15) is 0 Å². The van der Waals surface area contributed by atoms with Gasteiger partial charge < -0.3 is 0 Å². The van der Waals surface area contributed by atoms with Gasteiger partial charge in [-0.25, -0.2) is 0 Å². The van der Waals surface area contributed by atoms with E-state index < -0.39 is 0 Å². The molecule has 0 spiro atoms. The maximum absolute atomic E-state index is 2.58. The van der Waals surface area contributed by atoms with E-state index in [1.54, 1.807) is 0 Å². The second-order valence-electron chi connectivity index (χ2n) is 20.8. The van der Waals surface area contributed by atoms with Crippen LogP contribution < -0.4 is 0 Å². The molecule has 13 rings (SSSR count). The zero-order valence-electron chi connectivity index (χ0n) is 39.4. The average molecular weight is 937 g/mol. The first-order valence-electron chi connectivity index (χ1n) is 24.0. The van der Waals surface area contributed by atoms with E-state index in [-0.39, 0.29) is 25.3 Å². The van der Waals surface area contributed by atoms with Crippen LogP contribution in [-0.4, -0.2) is 19.1 Å². The third-order valence-electron chi connectivity index (χ3n) is 14.7. The van der Waals surface area contributed by atoms with Gasteiger partial charge in [0.1, 0.15) is 0 Å². The predicted molar refractivity (Wildman–Crippen MR) is 296 cm³/mol. The Labute approximate surface area is 403 Å². The van der Waals surface area contributed by atoms with E-state index in [2.05, 4.69) is 246 Å². The summed E-state index contributed by atoms with van der Waals surface area (Å²) in [6, 6.07) is 76.0. The summed E-state index contributed by atoms with van der Waals surface area (Å²) in [4.78, 5) is 0. The predicted octanol–water partition coefficient (Wildman–Crippen LogP) is 18.4. The van der Waals surface area contributed by atoms with Crippen molar-refractivity contribution in [2.75, 3.05) is 0 Å². The Morgan fingerprint density at radius 1 is 0.338 bits per heavy atom. The molecule has 0 fully saturated rings. The summed E-state index contributed by atoms with van der Waals surface area (Å²) in [6.07, 6.45) is 0. The molecule has 0 radical (unpaired) electrons. The molecule has 2 aromatic heterocycles. The van der Waals surface area contributed by atoms with Crippen molar-refractivity contribution in [3.63, 3.8) is 0 Å². The topological polar surface area (TPSA) is 4.93 Å². The number of benzene rings is 11. The number of nitrogens with zero attached hydrogens (tertiary/aromatic N) is 1. The van der Waals surface area contributed by atoms with Crippen LogP contribution in [0.2, 0.25) is 0 Å². The van der Waals surface area contributed by atoms with Crippen molar-refractivity contribution in [1.29, 1.82) is 0 Å².